The molecule has 1 atom stereocenters. The van der Waals surface area contributed by atoms with Crippen molar-refractivity contribution in [1.29, 1.82) is 0 Å². The van der Waals surface area contributed by atoms with Gasteiger partial charge < -0.3 is 15.5 Å². The highest BCUT2D eigenvalue weighted by Gasteiger charge is 2.28. The molecule has 0 aromatic heterocycles. The molecule has 2 fully saturated rings. The van der Waals surface area contributed by atoms with Gasteiger partial charge in [-0.2, -0.15) is 0 Å². The lowest BCUT2D eigenvalue weighted by Gasteiger charge is -2.35. The molecule has 116 valence electrons. The van der Waals surface area contributed by atoms with Crippen LogP contribution in [0.1, 0.15) is 39.0 Å². The molecule has 20 heavy (non-hydrogen) atoms. The van der Waals surface area contributed by atoms with E-state index in [1.165, 1.54) is 6.42 Å². The summed E-state index contributed by atoms with van der Waals surface area (Å²) >= 11 is 0. The molecular weight excluding hydrogens is 278 g/mol. The van der Waals surface area contributed by atoms with Gasteiger partial charge in [-0.3, -0.25) is 9.59 Å². The van der Waals surface area contributed by atoms with E-state index in [-0.39, 0.29) is 30.3 Å². The van der Waals surface area contributed by atoms with Crippen molar-refractivity contribution in [3.63, 3.8) is 0 Å². The van der Waals surface area contributed by atoms with Gasteiger partial charge in [0.25, 0.3) is 0 Å². The maximum Gasteiger partial charge on any atom is 0.239 e. The number of likely N-dealkylation sites (tertiary alicyclic amines) is 1. The number of piperidine rings is 2. The lowest BCUT2D eigenvalue weighted by atomic mass is 9.95. The first-order chi connectivity index (χ1) is 9.16. The van der Waals surface area contributed by atoms with Gasteiger partial charge in [-0.25, -0.2) is 0 Å². The van der Waals surface area contributed by atoms with Crippen LogP contribution in [0.4, 0.5) is 0 Å². The van der Waals surface area contributed by atoms with Crippen LogP contribution in [-0.4, -0.2) is 48.9 Å². The standard InChI is InChI=1S/C14H25N3O2.ClH/c1-11(18)16-10-12-5-8-17(9-6-12)14(19)13-4-2-3-7-15-13;/h12-13,15H,2-10H2,1H3,(H,16,18);1H. The third-order valence-electron chi connectivity index (χ3n) is 4.17. The monoisotopic (exact) mass is 303 g/mol. The van der Waals surface area contributed by atoms with Crippen LogP contribution in [0, 0.1) is 5.92 Å². The fourth-order valence-electron chi connectivity index (χ4n) is 2.93. The molecule has 2 N–H and O–H groups in total. The first-order valence-corrected chi connectivity index (χ1v) is 7.43. The lowest BCUT2D eigenvalue weighted by Crippen LogP contribution is -2.51. The molecule has 0 spiro atoms. The van der Waals surface area contributed by atoms with Crippen LogP contribution in [0.5, 0.6) is 0 Å². The van der Waals surface area contributed by atoms with Crippen molar-refractivity contribution < 1.29 is 9.59 Å². The van der Waals surface area contributed by atoms with Crippen LogP contribution >= 0.6 is 12.4 Å². The van der Waals surface area contributed by atoms with E-state index in [2.05, 4.69) is 10.6 Å². The minimum Gasteiger partial charge on any atom is -0.356 e. The zero-order chi connectivity index (χ0) is 13.7. The van der Waals surface area contributed by atoms with Crippen LogP contribution in [0.3, 0.4) is 0 Å². The van der Waals surface area contributed by atoms with Crippen molar-refractivity contribution in [3.05, 3.63) is 0 Å². The molecule has 0 aliphatic carbocycles. The summed E-state index contributed by atoms with van der Waals surface area (Å²) < 4.78 is 0. The topological polar surface area (TPSA) is 61.4 Å². The van der Waals surface area contributed by atoms with E-state index < -0.39 is 0 Å². The number of carbonyl (C=O) groups excluding carboxylic acids is 2. The van der Waals surface area contributed by atoms with Gasteiger partial charge in [0.2, 0.25) is 11.8 Å². The zero-order valence-electron chi connectivity index (χ0n) is 12.2. The Morgan fingerprint density at radius 1 is 1.20 bits per heavy atom. The molecule has 0 radical (unpaired) electrons. The number of nitrogens with zero attached hydrogens (tertiary/aromatic N) is 1. The van der Waals surface area contributed by atoms with Crippen molar-refractivity contribution in [1.82, 2.24) is 15.5 Å². The van der Waals surface area contributed by atoms with Crippen LogP contribution in [0.15, 0.2) is 0 Å². The Balaban J connectivity index is 0.00000200. The maximum absolute atomic E-state index is 12.3. The molecule has 2 amide bonds. The Labute approximate surface area is 127 Å². The van der Waals surface area contributed by atoms with Gasteiger partial charge in [0.15, 0.2) is 0 Å². The van der Waals surface area contributed by atoms with Crippen molar-refractivity contribution in [2.45, 2.75) is 45.1 Å². The molecule has 2 aliphatic rings. The Kier molecular flexibility index (Phi) is 7.30. The average Bonchev–Trinajstić information content (AvgIpc) is 2.46. The molecule has 0 bridgehead atoms. The SMILES string of the molecule is CC(=O)NCC1CCN(C(=O)C2CCCCN2)CC1.Cl. The molecule has 1 unspecified atom stereocenters. The van der Waals surface area contributed by atoms with Crippen molar-refractivity contribution in [2.24, 2.45) is 5.92 Å². The van der Waals surface area contributed by atoms with E-state index in [4.69, 9.17) is 0 Å². The predicted octanol–water partition coefficient (Wildman–Crippen LogP) is 0.925. The molecule has 0 aromatic rings. The van der Waals surface area contributed by atoms with Crippen molar-refractivity contribution in [2.75, 3.05) is 26.2 Å². The third-order valence-corrected chi connectivity index (χ3v) is 4.17. The van der Waals surface area contributed by atoms with E-state index in [1.54, 1.807) is 6.92 Å². The Bertz CT molecular complexity index is 324. The lowest BCUT2D eigenvalue weighted by molar-refractivity contribution is -0.135. The van der Waals surface area contributed by atoms with Gasteiger partial charge in [0.1, 0.15) is 0 Å². The summed E-state index contributed by atoms with van der Waals surface area (Å²) in [6, 6.07) is 0.0423. The van der Waals surface area contributed by atoms with Crippen molar-refractivity contribution >= 4 is 24.2 Å². The normalized spacial score (nSPS) is 23.9. The largest absolute Gasteiger partial charge is 0.356 e. The second kappa shape index (κ2) is 8.47. The quantitative estimate of drug-likeness (QED) is 0.815. The second-order valence-electron chi connectivity index (χ2n) is 5.71. The summed E-state index contributed by atoms with van der Waals surface area (Å²) in [6.45, 7) is 4.93. The van der Waals surface area contributed by atoms with Gasteiger partial charge in [0, 0.05) is 26.6 Å². The number of hydrogen-bond acceptors (Lipinski definition) is 3. The van der Waals surface area contributed by atoms with E-state index >= 15 is 0 Å². The molecular formula is C14H26ClN3O2. The molecule has 2 heterocycles. The number of hydrogen-bond donors (Lipinski definition) is 2. The van der Waals surface area contributed by atoms with E-state index in [9.17, 15) is 9.59 Å². The van der Waals surface area contributed by atoms with E-state index in [1.807, 2.05) is 4.90 Å². The highest BCUT2D eigenvalue weighted by atomic mass is 35.5. The highest BCUT2D eigenvalue weighted by Crippen LogP contribution is 2.19. The summed E-state index contributed by atoms with van der Waals surface area (Å²) in [5.74, 6) is 0.829. The molecule has 0 saturated carbocycles. The summed E-state index contributed by atoms with van der Waals surface area (Å²) in [6.07, 6.45) is 5.31. The molecule has 0 aromatic carbocycles. The average molecular weight is 304 g/mol. The van der Waals surface area contributed by atoms with Crippen molar-refractivity contribution in [3.8, 4) is 0 Å². The smallest absolute Gasteiger partial charge is 0.239 e. The van der Waals surface area contributed by atoms with Crippen LogP contribution < -0.4 is 10.6 Å². The van der Waals surface area contributed by atoms with Crippen LogP contribution in [-0.2, 0) is 9.59 Å². The highest BCUT2D eigenvalue weighted by molar-refractivity contribution is 5.85. The Morgan fingerprint density at radius 3 is 2.45 bits per heavy atom. The molecule has 2 saturated heterocycles. The minimum absolute atomic E-state index is 0. The molecule has 2 aliphatic heterocycles. The van der Waals surface area contributed by atoms with Crippen LogP contribution in [0.25, 0.3) is 0 Å². The first-order valence-electron chi connectivity index (χ1n) is 7.43. The number of nitrogens with one attached hydrogen (secondary N) is 2. The van der Waals surface area contributed by atoms with Gasteiger partial charge >= 0.3 is 0 Å². The summed E-state index contributed by atoms with van der Waals surface area (Å²) in [7, 11) is 0. The maximum atomic E-state index is 12.3. The molecule has 6 heteroatoms. The summed E-state index contributed by atoms with van der Waals surface area (Å²) in [4.78, 5) is 25.2. The number of amides is 2. The van der Waals surface area contributed by atoms with Gasteiger partial charge in [0.05, 0.1) is 6.04 Å². The first kappa shape index (κ1) is 17.2. The second-order valence-corrected chi connectivity index (χ2v) is 5.71. The van der Waals surface area contributed by atoms with Gasteiger partial charge in [-0.15, -0.1) is 12.4 Å². The third kappa shape index (κ3) is 4.94. The fraction of sp³-hybridized carbons (Fsp3) is 0.857. The Morgan fingerprint density at radius 2 is 1.90 bits per heavy atom. The van der Waals surface area contributed by atoms with Gasteiger partial charge in [-0.05, 0) is 38.1 Å². The zero-order valence-corrected chi connectivity index (χ0v) is 13.0. The fourth-order valence-corrected chi connectivity index (χ4v) is 2.93. The molecule has 5 nitrogen and oxygen atoms in total. The number of carbonyl (C=O) groups is 2. The summed E-state index contributed by atoms with van der Waals surface area (Å²) in [5, 5.41) is 6.19. The van der Waals surface area contributed by atoms with Gasteiger partial charge in [-0.1, -0.05) is 6.42 Å². The minimum atomic E-state index is 0. The molecule has 2 rings (SSSR count). The number of halogens is 1. The predicted molar refractivity (Wildman–Crippen MR) is 80.9 cm³/mol. The Hall–Kier alpha value is -0.810. The number of rotatable bonds is 3. The summed E-state index contributed by atoms with van der Waals surface area (Å²) in [5.41, 5.74) is 0. The van der Waals surface area contributed by atoms with E-state index in [0.29, 0.717) is 5.92 Å². The van der Waals surface area contributed by atoms with E-state index in [0.717, 1.165) is 51.9 Å². The van der Waals surface area contributed by atoms with Crippen LogP contribution in [0.2, 0.25) is 0 Å².